The van der Waals surface area contributed by atoms with Crippen molar-refractivity contribution in [2.75, 3.05) is 13.6 Å². The lowest BCUT2D eigenvalue weighted by Gasteiger charge is -2.04. The zero-order valence-electron chi connectivity index (χ0n) is 9.33. The van der Waals surface area contributed by atoms with Gasteiger partial charge >= 0.3 is 0 Å². The summed E-state index contributed by atoms with van der Waals surface area (Å²) in [6, 6.07) is 4.09. The molecule has 5 heteroatoms. The van der Waals surface area contributed by atoms with Gasteiger partial charge in [-0.05, 0) is 18.5 Å². The number of hydrogen-bond acceptors (Lipinski definition) is 3. The van der Waals surface area contributed by atoms with Crippen LogP contribution in [-0.4, -0.2) is 23.1 Å². The Morgan fingerprint density at radius 2 is 2.38 bits per heavy atom. The van der Waals surface area contributed by atoms with E-state index in [9.17, 15) is 0 Å². The van der Waals surface area contributed by atoms with Crippen LogP contribution in [0.1, 0.15) is 5.82 Å². The van der Waals surface area contributed by atoms with Crippen LogP contribution >= 0.6 is 22.9 Å². The third-order valence-electron chi connectivity index (χ3n) is 2.50. The highest BCUT2D eigenvalue weighted by atomic mass is 35.5. The second-order valence-corrected chi connectivity index (χ2v) is 4.86. The van der Waals surface area contributed by atoms with Gasteiger partial charge in [0.05, 0.1) is 10.6 Å². The molecule has 2 rings (SSSR count). The Kier molecular flexibility index (Phi) is 3.63. The van der Waals surface area contributed by atoms with Crippen molar-refractivity contribution in [1.82, 2.24) is 14.9 Å². The van der Waals surface area contributed by atoms with Crippen LogP contribution in [-0.2, 0) is 13.5 Å². The minimum absolute atomic E-state index is 0.594. The summed E-state index contributed by atoms with van der Waals surface area (Å²) in [6.45, 7) is 0.908. The van der Waals surface area contributed by atoms with Crippen molar-refractivity contribution in [3.8, 4) is 10.6 Å². The molecule has 0 fully saturated rings. The van der Waals surface area contributed by atoms with Gasteiger partial charge in [0.15, 0.2) is 5.15 Å². The number of nitrogens with zero attached hydrogens (tertiary/aromatic N) is 2. The molecular formula is C11H14ClN3S. The van der Waals surface area contributed by atoms with E-state index in [0.29, 0.717) is 5.15 Å². The van der Waals surface area contributed by atoms with Crippen molar-refractivity contribution in [2.24, 2.45) is 7.05 Å². The van der Waals surface area contributed by atoms with E-state index in [1.54, 1.807) is 11.3 Å². The number of rotatable bonds is 4. The quantitative estimate of drug-likeness (QED) is 0.910. The molecule has 0 saturated carbocycles. The van der Waals surface area contributed by atoms with Crippen LogP contribution in [0.3, 0.4) is 0 Å². The van der Waals surface area contributed by atoms with Crippen molar-refractivity contribution in [2.45, 2.75) is 6.42 Å². The molecule has 0 atom stereocenters. The molecular weight excluding hydrogens is 242 g/mol. The molecule has 0 aliphatic heterocycles. The topological polar surface area (TPSA) is 29.9 Å². The van der Waals surface area contributed by atoms with Gasteiger partial charge in [-0.2, -0.15) is 0 Å². The second kappa shape index (κ2) is 4.99. The number of thiophene rings is 1. The van der Waals surface area contributed by atoms with Gasteiger partial charge in [0.25, 0.3) is 0 Å². The standard InChI is InChI=1S/C11H14ClN3S/c1-13-6-5-9-14-11(12)10(15(9)2)8-4-3-7-16-8/h3-4,7,13H,5-6H2,1-2H3. The van der Waals surface area contributed by atoms with Gasteiger partial charge in [-0.15, -0.1) is 11.3 Å². The molecule has 1 N–H and O–H groups in total. The first kappa shape index (κ1) is 11.6. The fourth-order valence-electron chi connectivity index (χ4n) is 1.65. The first-order chi connectivity index (χ1) is 7.74. The molecule has 2 aromatic heterocycles. The van der Waals surface area contributed by atoms with Gasteiger partial charge in [-0.25, -0.2) is 4.98 Å². The summed E-state index contributed by atoms with van der Waals surface area (Å²) in [5.74, 6) is 1.02. The maximum atomic E-state index is 6.17. The van der Waals surface area contributed by atoms with Gasteiger partial charge in [-0.1, -0.05) is 17.7 Å². The van der Waals surface area contributed by atoms with Crippen molar-refractivity contribution in [3.63, 3.8) is 0 Å². The highest BCUT2D eigenvalue weighted by Crippen LogP contribution is 2.31. The molecule has 16 heavy (non-hydrogen) atoms. The van der Waals surface area contributed by atoms with E-state index in [1.165, 1.54) is 0 Å². The van der Waals surface area contributed by atoms with Crippen LogP contribution in [0.2, 0.25) is 5.15 Å². The van der Waals surface area contributed by atoms with Gasteiger partial charge in [0, 0.05) is 20.0 Å². The largest absolute Gasteiger partial charge is 0.329 e. The van der Waals surface area contributed by atoms with E-state index in [4.69, 9.17) is 11.6 Å². The van der Waals surface area contributed by atoms with E-state index in [2.05, 4.69) is 20.9 Å². The Morgan fingerprint density at radius 1 is 1.56 bits per heavy atom. The molecule has 2 aromatic rings. The smallest absolute Gasteiger partial charge is 0.156 e. The monoisotopic (exact) mass is 255 g/mol. The SMILES string of the molecule is CNCCc1nc(Cl)c(-c2cccs2)n1C. The van der Waals surface area contributed by atoms with Crippen molar-refractivity contribution in [1.29, 1.82) is 0 Å². The maximum absolute atomic E-state index is 6.17. The molecule has 0 spiro atoms. The molecule has 0 unspecified atom stereocenters. The average molecular weight is 256 g/mol. The predicted octanol–water partition coefficient (Wildman–Crippen LogP) is 2.56. The van der Waals surface area contributed by atoms with Crippen molar-refractivity contribution >= 4 is 22.9 Å². The molecule has 0 aliphatic rings. The van der Waals surface area contributed by atoms with E-state index in [1.807, 2.05) is 25.5 Å². The maximum Gasteiger partial charge on any atom is 0.156 e. The van der Waals surface area contributed by atoms with Gasteiger partial charge in [-0.3, -0.25) is 0 Å². The molecule has 86 valence electrons. The summed E-state index contributed by atoms with van der Waals surface area (Å²) in [7, 11) is 3.95. The van der Waals surface area contributed by atoms with E-state index in [-0.39, 0.29) is 0 Å². The fourth-order valence-corrected chi connectivity index (χ4v) is 2.84. The Morgan fingerprint density at radius 3 is 3.00 bits per heavy atom. The lowest BCUT2D eigenvalue weighted by atomic mass is 10.3. The normalized spacial score (nSPS) is 10.9. The average Bonchev–Trinajstić information content (AvgIpc) is 2.85. The molecule has 0 aliphatic carbocycles. The van der Waals surface area contributed by atoms with Crippen LogP contribution in [0.5, 0.6) is 0 Å². The Balaban J connectivity index is 2.36. The Hall–Kier alpha value is -0.840. The predicted molar refractivity (Wildman–Crippen MR) is 69.2 cm³/mol. The number of imidazole rings is 1. The molecule has 0 bridgehead atoms. The number of hydrogen-bond donors (Lipinski definition) is 1. The summed E-state index contributed by atoms with van der Waals surface area (Å²) in [4.78, 5) is 5.56. The zero-order valence-corrected chi connectivity index (χ0v) is 10.9. The number of likely N-dealkylation sites (N-methyl/N-ethyl adjacent to an activating group) is 1. The van der Waals surface area contributed by atoms with Crippen LogP contribution in [0, 0.1) is 0 Å². The summed E-state index contributed by atoms with van der Waals surface area (Å²) < 4.78 is 2.07. The first-order valence-corrected chi connectivity index (χ1v) is 6.39. The highest BCUT2D eigenvalue weighted by molar-refractivity contribution is 7.13. The lowest BCUT2D eigenvalue weighted by molar-refractivity contribution is 0.720. The zero-order chi connectivity index (χ0) is 11.5. The van der Waals surface area contributed by atoms with Gasteiger partial charge in [0.1, 0.15) is 5.82 Å². The third-order valence-corrected chi connectivity index (χ3v) is 3.64. The minimum atomic E-state index is 0.594. The number of aromatic nitrogens is 2. The molecule has 2 heterocycles. The van der Waals surface area contributed by atoms with Gasteiger partial charge < -0.3 is 9.88 Å². The Bertz CT molecular complexity index is 462. The first-order valence-electron chi connectivity index (χ1n) is 5.13. The number of halogens is 1. The lowest BCUT2D eigenvalue weighted by Crippen LogP contribution is -2.13. The van der Waals surface area contributed by atoms with E-state index in [0.717, 1.165) is 29.4 Å². The Labute approximate surface area is 104 Å². The summed E-state index contributed by atoms with van der Waals surface area (Å²) in [5.41, 5.74) is 1.02. The highest BCUT2D eigenvalue weighted by Gasteiger charge is 2.14. The van der Waals surface area contributed by atoms with Crippen LogP contribution in [0.4, 0.5) is 0 Å². The minimum Gasteiger partial charge on any atom is -0.329 e. The fraction of sp³-hybridized carbons (Fsp3) is 0.364. The summed E-state index contributed by atoms with van der Waals surface area (Å²) in [6.07, 6.45) is 0.887. The van der Waals surface area contributed by atoms with Gasteiger partial charge in [0.2, 0.25) is 0 Å². The molecule has 0 aromatic carbocycles. The second-order valence-electron chi connectivity index (χ2n) is 3.56. The summed E-state index contributed by atoms with van der Waals surface area (Å²) in [5, 5.41) is 5.75. The van der Waals surface area contributed by atoms with Crippen molar-refractivity contribution in [3.05, 3.63) is 28.5 Å². The molecule has 0 radical (unpaired) electrons. The molecule has 0 saturated heterocycles. The van der Waals surface area contributed by atoms with E-state index >= 15 is 0 Å². The third kappa shape index (κ3) is 2.14. The van der Waals surface area contributed by atoms with Crippen LogP contribution in [0.25, 0.3) is 10.6 Å². The summed E-state index contributed by atoms with van der Waals surface area (Å²) >= 11 is 7.86. The molecule has 3 nitrogen and oxygen atoms in total. The van der Waals surface area contributed by atoms with Crippen LogP contribution in [0.15, 0.2) is 17.5 Å². The molecule has 0 amide bonds. The van der Waals surface area contributed by atoms with E-state index < -0.39 is 0 Å². The van der Waals surface area contributed by atoms with Crippen LogP contribution < -0.4 is 5.32 Å². The van der Waals surface area contributed by atoms with Crippen molar-refractivity contribution < 1.29 is 0 Å². The number of nitrogens with one attached hydrogen (secondary N) is 1.